The van der Waals surface area contributed by atoms with Crippen molar-refractivity contribution in [2.24, 2.45) is 0 Å². The third-order valence-electron chi connectivity index (χ3n) is 3.46. The predicted molar refractivity (Wildman–Crippen MR) is 83.4 cm³/mol. The van der Waals surface area contributed by atoms with Gasteiger partial charge in [-0.3, -0.25) is 0 Å². The van der Waals surface area contributed by atoms with Crippen molar-refractivity contribution >= 4 is 15.9 Å². The molecule has 0 fully saturated rings. The zero-order valence-electron chi connectivity index (χ0n) is 11.4. The third kappa shape index (κ3) is 3.26. The Balaban J connectivity index is 2.44. The molecular formula is C17H19BrO. The van der Waals surface area contributed by atoms with E-state index in [2.05, 4.69) is 48.0 Å². The maximum Gasteiger partial charge on any atom is 0.104 e. The third-order valence-corrected chi connectivity index (χ3v) is 3.95. The van der Waals surface area contributed by atoms with E-state index in [4.69, 9.17) is 0 Å². The van der Waals surface area contributed by atoms with Crippen molar-refractivity contribution in [3.05, 3.63) is 69.2 Å². The highest BCUT2D eigenvalue weighted by molar-refractivity contribution is 9.10. The Morgan fingerprint density at radius 3 is 2.47 bits per heavy atom. The molecule has 0 saturated carbocycles. The van der Waals surface area contributed by atoms with E-state index < -0.39 is 6.10 Å². The van der Waals surface area contributed by atoms with Crippen LogP contribution in [-0.4, -0.2) is 5.11 Å². The summed E-state index contributed by atoms with van der Waals surface area (Å²) in [5.41, 5.74) is 4.43. The molecule has 1 atom stereocenters. The zero-order valence-corrected chi connectivity index (χ0v) is 12.9. The van der Waals surface area contributed by atoms with Gasteiger partial charge in [-0.25, -0.2) is 0 Å². The maximum atomic E-state index is 10.6. The van der Waals surface area contributed by atoms with Crippen molar-refractivity contribution in [3.63, 3.8) is 0 Å². The molecule has 2 aromatic carbocycles. The van der Waals surface area contributed by atoms with E-state index in [-0.39, 0.29) is 0 Å². The first kappa shape index (κ1) is 14.3. The Hall–Kier alpha value is -1.12. The first-order chi connectivity index (χ1) is 9.15. The lowest BCUT2D eigenvalue weighted by Gasteiger charge is -2.17. The molecule has 2 heteroatoms. The van der Waals surface area contributed by atoms with Gasteiger partial charge in [-0.05, 0) is 47.2 Å². The second-order valence-corrected chi connectivity index (χ2v) is 5.61. The summed E-state index contributed by atoms with van der Waals surface area (Å²) in [6.07, 6.45) is 1.37. The molecule has 0 spiro atoms. The molecule has 0 aliphatic carbocycles. The molecule has 0 saturated heterocycles. The number of hydrogen-bond donors (Lipinski definition) is 1. The average molecular weight is 319 g/mol. The fraction of sp³-hybridized carbons (Fsp3) is 0.294. The summed E-state index contributed by atoms with van der Waals surface area (Å²) in [4.78, 5) is 0. The number of aryl methyl sites for hydroxylation is 2. The van der Waals surface area contributed by atoms with Crippen LogP contribution in [0.15, 0.2) is 46.9 Å². The van der Waals surface area contributed by atoms with Crippen LogP contribution in [0.3, 0.4) is 0 Å². The van der Waals surface area contributed by atoms with Crippen LogP contribution in [0, 0.1) is 0 Å². The van der Waals surface area contributed by atoms with Crippen LogP contribution >= 0.6 is 15.9 Å². The van der Waals surface area contributed by atoms with Crippen LogP contribution in [0.5, 0.6) is 0 Å². The molecule has 0 radical (unpaired) electrons. The Morgan fingerprint density at radius 2 is 1.84 bits per heavy atom. The van der Waals surface area contributed by atoms with Crippen LogP contribution in [-0.2, 0) is 12.8 Å². The molecule has 19 heavy (non-hydrogen) atoms. The molecule has 0 aromatic heterocycles. The fourth-order valence-electron chi connectivity index (χ4n) is 2.30. The van der Waals surface area contributed by atoms with Crippen LogP contribution < -0.4 is 0 Å². The molecular weight excluding hydrogens is 300 g/mol. The van der Waals surface area contributed by atoms with E-state index in [1.165, 1.54) is 11.1 Å². The van der Waals surface area contributed by atoms with Crippen molar-refractivity contribution < 1.29 is 5.11 Å². The van der Waals surface area contributed by atoms with Crippen LogP contribution in [0.25, 0.3) is 0 Å². The van der Waals surface area contributed by atoms with Gasteiger partial charge in [0.05, 0.1) is 0 Å². The van der Waals surface area contributed by atoms with E-state index >= 15 is 0 Å². The standard InChI is InChI=1S/C17H19BrO/c1-3-12-8-9-13(4-2)16(10-12)17(19)14-6-5-7-15(18)11-14/h5-11,17,19H,3-4H2,1-2H3. The molecule has 0 heterocycles. The molecule has 0 aliphatic heterocycles. The van der Waals surface area contributed by atoms with Crippen molar-refractivity contribution in [2.75, 3.05) is 0 Å². The molecule has 100 valence electrons. The maximum absolute atomic E-state index is 10.6. The number of aliphatic hydroxyl groups excluding tert-OH is 1. The Morgan fingerprint density at radius 1 is 1.05 bits per heavy atom. The van der Waals surface area contributed by atoms with E-state index in [9.17, 15) is 5.11 Å². The average Bonchev–Trinajstić information content (AvgIpc) is 2.45. The Labute approximate surface area is 123 Å². The summed E-state index contributed by atoms with van der Waals surface area (Å²) in [6, 6.07) is 14.3. The first-order valence-electron chi connectivity index (χ1n) is 6.71. The summed E-state index contributed by atoms with van der Waals surface area (Å²) >= 11 is 3.46. The lowest BCUT2D eigenvalue weighted by atomic mass is 9.93. The minimum Gasteiger partial charge on any atom is -0.384 e. The molecule has 2 rings (SSSR count). The van der Waals surface area contributed by atoms with Gasteiger partial charge in [-0.15, -0.1) is 0 Å². The van der Waals surface area contributed by atoms with E-state index in [1.807, 2.05) is 24.3 Å². The molecule has 0 bridgehead atoms. The van der Waals surface area contributed by atoms with E-state index in [0.717, 1.165) is 28.4 Å². The monoisotopic (exact) mass is 318 g/mol. The normalized spacial score (nSPS) is 12.4. The predicted octanol–water partition coefficient (Wildman–Crippen LogP) is 4.66. The van der Waals surface area contributed by atoms with Gasteiger partial charge in [0.1, 0.15) is 6.10 Å². The highest BCUT2D eigenvalue weighted by Crippen LogP contribution is 2.28. The van der Waals surface area contributed by atoms with Crippen molar-refractivity contribution in [1.82, 2.24) is 0 Å². The van der Waals surface area contributed by atoms with Gasteiger partial charge < -0.3 is 5.11 Å². The van der Waals surface area contributed by atoms with Crippen molar-refractivity contribution in [2.45, 2.75) is 32.8 Å². The zero-order chi connectivity index (χ0) is 13.8. The molecule has 1 unspecified atom stereocenters. The number of benzene rings is 2. The quantitative estimate of drug-likeness (QED) is 0.869. The fourth-order valence-corrected chi connectivity index (χ4v) is 2.71. The van der Waals surface area contributed by atoms with Gasteiger partial charge in [0.15, 0.2) is 0 Å². The van der Waals surface area contributed by atoms with Crippen LogP contribution in [0.1, 0.15) is 42.2 Å². The molecule has 0 amide bonds. The van der Waals surface area contributed by atoms with Gasteiger partial charge in [-0.2, -0.15) is 0 Å². The highest BCUT2D eigenvalue weighted by Gasteiger charge is 2.14. The topological polar surface area (TPSA) is 20.2 Å². The van der Waals surface area contributed by atoms with E-state index in [1.54, 1.807) is 0 Å². The Bertz CT molecular complexity index is 563. The smallest absolute Gasteiger partial charge is 0.104 e. The lowest BCUT2D eigenvalue weighted by molar-refractivity contribution is 0.219. The molecule has 1 N–H and O–H groups in total. The van der Waals surface area contributed by atoms with Crippen LogP contribution in [0.4, 0.5) is 0 Å². The Kier molecular flexibility index (Phi) is 4.78. The molecule has 1 nitrogen and oxygen atoms in total. The highest BCUT2D eigenvalue weighted by atomic mass is 79.9. The van der Waals surface area contributed by atoms with Gasteiger partial charge in [0, 0.05) is 4.47 Å². The van der Waals surface area contributed by atoms with E-state index in [0.29, 0.717) is 0 Å². The van der Waals surface area contributed by atoms with Gasteiger partial charge >= 0.3 is 0 Å². The second-order valence-electron chi connectivity index (χ2n) is 4.70. The second kappa shape index (κ2) is 6.36. The summed E-state index contributed by atoms with van der Waals surface area (Å²) in [5, 5.41) is 10.6. The van der Waals surface area contributed by atoms with Gasteiger partial charge in [-0.1, -0.05) is 60.1 Å². The molecule has 2 aromatic rings. The minimum atomic E-state index is -0.557. The summed E-state index contributed by atoms with van der Waals surface area (Å²) < 4.78 is 0.994. The van der Waals surface area contributed by atoms with Crippen LogP contribution in [0.2, 0.25) is 0 Å². The van der Waals surface area contributed by atoms with Gasteiger partial charge in [0.2, 0.25) is 0 Å². The molecule has 0 aliphatic rings. The van der Waals surface area contributed by atoms with Crippen molar-refractivity contribution in [1.29, 1.82) is 0 Å². The summed E-state index contributed by atoms with van der Waals surface area (Å²) in [6.45, 7) is 4.26. The first-order valence-corrected chi connectivity index (χ1v) is 7.50. The SMILES string of the molecule is CCc1ccc(CC)c(C(O)c2cccc(Br)c2)c1. The number of aliphatic hydroxyl groups is 1. The van der Waals surface area contributed by atoms with Crippen molar-refractivity contribution in [3.8, 4) is 0 Å². The number of hydrogen-bond acceptors (Lipinski definition) is 1. The number of halogens is 1. The summed E-state index contributed by atoms with van der Waals surface area (Å²) in [7, 11) is 0. The number of rotatable bonds is 4. The largest absolute Gasteiger partial charge is 0.384 e. The lowest BCUT2D eigenvalue weighted by Crippen LogP contribution is -2.04. The van der Waals surface area contributed by atoms with Gasteiger partial charge in [0.25, 0.3) is 0 Å². The summed E-state index contributed by atoms with van der Waals surface area (Å²) in [5.74, 6) is 0. The minimum absolute atomic E-state index is 0.557.